The van der Waals surface area contributed by atoms with Crippen LogP contribution in [0, 0.1) is 0 Å². The maximum absolute atomic E-state index is 13.0. The van der Waals surface area contributed by atoms with Crippen LogP contribution in [0.2, 0.25) is 0 Å². The summed E-state index contributed by atoms with van der Waals surface area (Å²) in [6.07, 6.45) is 1.98. The van der Waals surface area contributed by atoms with Gasteiger partial charge in [0.25, 0.3) is 0 Å². The fourth-order valence-electron chi connectivity index (χ4n) is 3.50. The van der Waals surface area contributed by atoms with Gasteiger partial charge >= 0.3 is 6.09 Å². The van der Waals surface area contributed by atoms with E-state index in [1.165, 1.54) is 0 Å². The van der Waals surface area contributed by atoms with Gasteiger partial charge in [-0.2, -0.15) is 0 Å². The number of hydrogen-bond donors (Lipinski definition) is 0. The third kappa shape index (κ3) is 5.70. The molecule has 1 fully saturated rings. The minimum absolute atomic E-state index is 0.0222. The monoisotopic (exact) mass is 493 g/mol. The van der Waals surface area contributed by atoms with Gasteiger partial charge in [-0.05, 0) is 37.8 Å². The van der Waals surface area contributed by atoms with E-state index in [1.54, 1.807) is 0 Å². The van der Waals surface area contributed by atoms with Crippen LogP contribution >= 0.6 is 22.6 Å². The zero-order valence-electron chi connectivity index (χ0n) is 16.5. The molecule has 4 atom stereocenters. The van der Waals surface area contributed by atoms with Crippen LogP contribution in [-0.4, -0.2) is 33.2 Å². The number of nitrogens with zero attached hydrogens (tertiary/aromatic N) is 1. The van der Waals surface area contributed by atoms with Gasteiger partial charge < -0.3 is 9.47 Å². The van der Waals surface area contributed by atoms with Crippen molar-refractivity contribution in [1.82, 2.24) is 4.90 Å². The van der Waals surface area contributed by atoms with Gasteiger partial charge in [0.15, 0.2) is 0 Å². The molecule has 1 saturated heterocycles. The standard InChI is InChI=1S/C23H28INO3/c1-17(22-14-13-21(24)18(2)28-22)25(15-19-9-5-3-6-10-19)23(26)27-16-20-11-7-4-8-12-20/h3-12,17-18,21-22H,13-16H2,1-2H3/t17-,18?,21?,22-/m0/s1. The first kappa shape index (κ1) is 21.1. The van der Waals surface area contributed by atoms with Crippen LogP contribution in [0.5, 0.6) is 0 Å². The van der Waals surface area contributed by atoms with Gasteiger partial charge in [0, 0.05) is 10.5 Å². The molecule has 0 spiro atoms. The number of ether oxygens (including phenoxy) is 2. The van der Waals surface area contributed by atoms with Crippen molar-refractivity contribution >= 4 is 28.7 Å². The lowest BCUT2D eigenvalue weighted by Crippen LogP contribution is -2.49. The van der Waals surface area contributed by atoms with Crippen molar-refractivity contribution in [2.45, 2.75) is 62.0 Å². The van der Waals surface area contributed by atoms with E-state index in [1.807, 2.05) is 65.6 Å². The molecule has 28 heavy (non-hydrogen) atoms. The molecule has 1 aliphatic rings. The van der Waals surface area contributed by atoms with Crippen LogP contribution in [0.3, 0.4) is 0 Å². The van der Waals surface area contributed by atoms with E-state index in [-0.39, 0.29) is 30.9 Å². The third-order valence-electron chi connectivity index (χ3n) is 5.29. The summed E-state index contributed by atoms with van der Waals surface area (Å²) in [6.45, 7) is 4.97. The van der Waals surface area contributed by atoms with E-state index in [0.717, 1.165) is 24.0 Å². The number of carbonyl (C=O) groups is 1. The highest BCUT2D eigenvalue weighted by atomic mass is 127. The van der Waals surface area contributed by atoms with E-state index in [2.05, 4.69) is 36.4 Å². The topological polar surface area (TPSA) is 38.8 Å². The Labute approximate surface area is 181 Å². The fraction of sp³-hybridized carbons (Fsp3) is 0.435. The predicted molar refractivity (Wildman–Crippen MR) is 119 cm³/mol. The third-order valence-corrected chi connectivity index (χ3v) is 6.93. The van der Waals surface area contributed by atoms with Crippen molar-refractivity contribution in [3.63, 3.8) is 0 Å². The molecule has 0 N–H and O–H groups in total. The molecule has 2 aromatic rings. The summed E-state index contributed by atoms with van der Waals surface area (Å²) in [4.78, 5) is 14.8. The smallest absolute Gasteiger partial charge is 0.410 e. The number of amides is 1. The highest BCUT2D eigenvalue weighted by Crippen LogP contribution is 2.29. The number of rotatable bonds is 6. The van der Waals surface area contributed by atoms with E-state index in [4.69, 9.17) is 9.47 Å². The molecule has 0 aromatic heterocycles. The number of halogens is 1. The molecule has 0 saturated carbocycles. The van der Waals surface area contributed by atoms with Crippen LogP contribution in [0.1, 0.15) is 37.8 Å². The molecular formula is C23H28INO3. The molecule has 2 unspecified atom stereocenters. The maximum Gasteiger partial charge on any atom is 0.410 e. The molecule has 3 rings (SSSR count). The van der Waals surface area contributed by atoms with Crippen LogP contribution in [0.15, 0.2) is 60.7 Å². The molecule has 0 bridgehead atoms. The van der Waals surface area contributed by atoms with Crippen LogP contribution < -0.4 is 0 Å². The normalized spacial score (nSPS) is 23.0. The molecule has 0 aliphatic carbocycles. The Bertz CT molecular complexity index is 740. The van der Waals surface area contributed by atoms with Gasteiger partial charge in [-0.3, -0.25) is 4.90 Å². The molecule has 2 aromatic carbocycles. The SMILES string of the molecule is CC1O[C@H]([C@H](C)N(Cc2ccccc2)C(=O)OCc2ccccc2)CCC1I. The summed E-state index contributed by atoms with van der Waals surface area (Å²) in [5.41, 5.74) is 2.07. The van der Waals surface area contributed by atoms with Crippen molar-refractivity contribution in [2.75, 3.05) is 0 Å². The molecule has 1 amide bonds. The Balaban J connectivity index is 1.71. The van der Waals surface area contributed by atoms with Crippen LogP contribution in [0.4, 0.5) is 4.79 Å². The number of benzene rings is 2. The van der Waals surface area contributed by atoms with Gasteiger partial charge in [0.2, 0.25) is 0 Å². The van der Waals surface area contributed by atoms with Gasteiger partial charge in [0.05, 0.1) is 18.2 Å². The number of alkyl halides is 1. The Morgan fingerprint density at radius 2 is 1.71 bits per heavy atom. The molecule has 1 aliphatic heterocycles. The average Bonchev–Trinajstić information content (AvgIpc) is 2.73. The summed E-state index contributed by atoms with van der Waals surface area (Å²) in [6, 6.07) is 19.8. The van der Waals surface area contributed by atoms with Gasteiger partial charge in [-0.25, -0.2) is 4.79 Å². The molecule has 1 heterocycles. The second kappa shape index (κ2) is 10.3. The first-order chi connectivity index (χ1) is 13.5. The highest BCUT2D eigenvalue weighted by molar-refractivity contribution is 14.1. The zero-order valence-corrected chi connectivity index (χ0v) is 18.6. The summed E-state index contributed by atoms with van der Waals surface area (Å²) >= 11 is 2.46. The first-order valence-electron chi connectivity index (χ1n) is 9.85. The van der Waals surface area contributed by atoms with E-state index < -0.39 is 0 Å². The minimum atomic E-state index is -0.298. The van der Waals surface area contributed by atoms with Crippen molar-refractivity contribution in [1.29, 1.82) is 0 Å². The Hall–Kier alpha value is -1.60. The van der Waals surface area contributed by atoms with Crippen LogP contribution in [0.25, 0.3) is 0 Å². The molecule has 150 valence electrons. The van der Waals surface area contributed by atoms with Gasteiger partial charge in [-0.15, -0.1) is 0 Å². The zero-order chi connectivity index (χ0) is 19.9. The second-order valence-electron chi connectivity index (χ2n) is 7.37. The van der Waals surface area contributed by atoms with Crippen molar-refractivity contribution in [3.8, 4) is 0 Å². The lowest BCUT2D eigenvalue weighted by atomic mass is 9.99. The summed E-state index contributed by atoms with van der Waals surface area (Å²) in [5, 5.41) is 0. The average molecular weight is 493 g/mol. The Morgan fingerprint density at radius 1 is 1.11 bits per heavy atom. The lowest BCUT2D eigenvalue weighted by molar-refractivity contribution is -0.0716. The van der Waals surface area contributed by atoms with E-state index in [9.17, 15) is 4.79 Å². The van der Waals surface area contributed by atoms with Crippen molar-refractivity contribution < 1.29 is 14.3 Å². The fourth-order valence-corrected chi connectivity index (χ4v) is 4.03. The molecule has 5 heteroatoms. The molecule has 0 radical (unpaired) electrons. The number of carbonyl (C=O) groups excluding carboxylic acids is 1. The van der Waals surface area contributed by atoms with Gasteiger partial charge in [0.1, 0.15) is 6.61 Å². The molecular weight excluding hydrogens is 465 g/mol. The van der Waals surface area contributed by atoms with Crippen LogP contribution in [-0.2, 0) is 22.6 Å². The van der Waals surface area contributed by atoms with Gasteiger partial charge in [-0.1, -0.05) is 83.3 Å². The van der Waals surface area contributed by atoms with E-state index in [0.29, 0.717) is 10.5 Å². The van der Waals surface area contributed by atoms with E-state index >= 15 is 0 Å². The number of hydrogen-bond acceptors (Lipinski definition) is 3. The first-order valence-corrected chi connectivity index (χ1v) is 11.1. The quantitative estimate of drug-likeness (QED) is 0.390. The Morgan fingerprint density at radius 3 is 2.32 bits per heavy atom. The minimum Gasteiger partial charge on any atom is -0.445 e. The highest BCUT2D eigenvalue weighted by Gasteiger charge is 2.34. The predicted octanol–water partition coefficient (Wildman–Crippen LogP) is 5.59. The summed E-state index contributed by atoms with van der Waals surface area (Å²) in [7, 11) is 0. The van der Waals surface area contributed by atoms with Crippen molar-refractivity contribution in [2.24, 2.45) is 0 Å². The molecule has 4 nitrogen and oxygen atoms in total. The summed E-state index contributed by atoms with van der Waals surface area (Å²) in [5.74, 6) is 0. The second-order valence-corrected chi connectivity index (χ2v) is 8.97. The maximum atomic E-state index is 13.0. The summed E-state index contributed by atoms with van der Waals surface area (Å²) < 4.78 is 12.4. The Kier molecular flexibility index (Phi) is 7.73. The van der Waals surface area contributed by atoms with Crippen molar-refractivity contribution in [3.05, 3.63) is 71.8 Å². The largest absolute Gasteiger partial charge is 0.445 e. The lowest BCUT2D eigenvalue weighted by Gasteiger charge is -2.39.